The van der Waals surface area contributed by atoms with Gasteiger partial charge < -0.3 is 4.90 Å². The summed E-state index contributed by atoms with van der Waals surface area (Å²) < 4.78 is 0. The van der Waals surface area contributed by atoms with Crippen molar-refractivity contribution in [2.45, 2.75) is 20.8 Å². The van der Waals surface area contributed by atoms with Gasteiger partial charge in [0.15, 0.2) is 0 Å². The largest absolute Gasteiger partial charge is 0.308 e. The van der Waals surface area contributed by atoms with Gasteiger partial charge in [-0.1, -0.05) is 20.8 Å². The predicted molar refractivity (Wildman–Crippen MR) is 63.6 cm³/mol. The highest BCUT2D eigenvalue weighted by Gasteiger charge is 2.06. The maximum Gasteiger partial charge on any atom is 0.0506 e. The Morgan fingerprint density at radius 3 is 1.57 bits per heavy atom. The molecule has 0 spiro atoms. The van der Waals surface area contributed by atoms with Gasteiger partial charge in [0.05, 0.1) is 6.67 Å². The number of hydrogen-bond acceptors (Lipinski definition) is 3. The molecule has 0 aromatic heterocycles. The molecule has 0 aliphatic heterocycles. The summed E-state index contributed by atoms with van der Waals surface area (Å²) in [6.45, 7) is 13.5. The highest BCUT2D eigenvalue weighted by Crippen LogP contribution is 1.94. The van der Waals surface area contributed by atoms with E-state index in [0.29, 0.717) is 0 Å². The Morgan fingerprint density at radius 1 is 0.714 bits per heavy atom. The highest BCUT2D eigenvalue weighted by atomic mass is 15.3. The lowest BCUT2D eigenvalue weighted by atomic mass is 10.4. The van der Waals surface area contributed by atoms with Crippen LogP contribution in [0.2, 0.25) is 0 Å². The minimum absolute atomic E-state index is 1.11. The molecule has 0 radical (unpaired) electrons. The maximum atomic E-state index is 2.49. The average Bonchev–Trinajstić information content (AvgIpc) is 2.18. The van der Waals surface area contributed by atoms with Crippen molar-refractivity contribution >= 4 is 0 Å². The van der Waals surface area contributed by atoms with Crippen LogP contribution in [0.1, 0.15) is 20.8 Å². The fourth-order valence-corrected chi connectivity index (χ4v) is 1.38. The van der Waals surface area contributed by atoms with Crippen LogP contribution in [0, 0.1) is 0 Å². The van der Waals surface area contributed by atoms with Gasteiger partial charge in [0.25, 0.3) is 0 Å². The second kappa shape index (κ2) is 8.21. The van der Waals surface area contributed by atoms with Crippen LogP contribution in [-0.2, 0) is 0 Å². The molecule has 0 fully saturated rings. The van der Waals surface area contributed by atoms with Gasteiger partial charge in [0, 0.05) is 13.1 Å². The first-order chi connectivity index (χ1) is 6.63. The monoisotopic (exact) mass is 201 g/mol. The molecule has 0 amide bonds. The zero-order valence-electron chi connectivity index (χ0n) is 10.6. The summed E-state index contributed by atoms with van der Waals surface area (Å²) in [6, 6.07) is 0. The summed E-state index contributed by atoms with van der Waals surface area (Å²) in [5, 5.41) is 0. The van der Waals surface area contributed by atoms with E-state index in [9.17, 15) is 0 Å². The van der Waals surface area contributed by atoms with Gasteiger partial charge in [-0.3, -0.25) is 9.80 Å². The van der Waals surface area contributed by atoms with E-state index in [1.807, 2.05) is 0 Å². The van der Waals surface area contributed by atoms with Crippen LogP contribution in [0.5, 0.6) is 0 Å². The molecule has 0 N–H and O–H groups in total. The van der Waals surface area contributed by atoms with Crippen LogP contribution in [0.4, 0.5) is 0 Å². The second-order valence-electron chi connectivity index (χ2n) is 3.96. The summed E-state index contributed by atoms with van der Waals surface area (Å²) in [7, 11) is 4.26. The third kappa shape index (κ3) is 6.35. The molecule has 0 bridgehead atoms. The van der Waals surface area contributed by atoms with E-state index < -0.39 is 0 Å². The molecule has 0 aliphatic carbocycles. The van der Waals surface area contributed by atoms with E-state index in [4.69, 9.17) is 0 Å². The zero-order chi connectivity index (χ0) is 11.0. The van der Waals surface area contributed by atoms with Gasteiger partial charge in [0.2, 0.25) is 0 Å². The molecule has 0 saturated heterocycles. The number of hydrogen-bond donors (Lipinski definition) is 0. The van der Waals surface area contributed by atoms with Crippen molar-refractivity contribution in [2.24, 2.45) is 0 Å². The van der Waals surface area contributed by atoms with E-state index in [-0.39, 0.29) is 0 Å². The molecule has 0 aromatic rings. The molecule has 0 unspecified atom stereocenters. The van der Waals surface area contributed by atoms with Gasteiger partial charge in [-0.15, -0.1) is 0 Å². The lowest BCUT2D eigenvalue weighted by molar-refractivity contribution is 0.138. The molecule has 0 heterocycles. The Morgan fingerprint density at radius 2 is 1.21 bits per heavy atom. The molecule has 14 heavy (non-hydrogen) atoms. The second-order valence-corrected chi connectivity index (χ2v) is 3.96. The highest BCUT2D eigenvalue weighted by molar-refractivity contribution is 4.58. The smallest absolute Gasteiger partial charge is 0.0506 e. The molecular formula is C11H27N3. The van der Waals surface area contributed by atoms with Crippen LogP contribution in [0.3, 0.4) is 0 Å². The first-order valence-corrected chi connectivity index (χ1v) is 5.73. The van der Waals surface area contributed by atoms with Crippen LogP contribution in [0.25, 0.3) is 0 Å². The van der Waals surface area contributed by atoms with Crippen molar-refractivity contribution in [1.29, 1.82) is 0 Å². The van der Waals surface area contributed by atoms with Crippen molar-refractivity contribution in [1.82, 2.24) is 14.7 Å². The molecule has 0 aromatic carbocycles. The lowest BCUT2D eigenvalue weighted by Gasteiger charge is -2.28. The first kappa shape index (κ1) is 13.9. The van der Waals surface area contributed by atoms with Crippen molar-refractivity contribution in [3.63, 3.8) is 0 Å². The Labute approximate surface area is 89.7 Å². The molecule has 0 rings (SSSR count). The van der Waals surface area contributed by atoms with Crippen molar-refractivity contribution in [3.8, 4) is 0 Å². The maximum absolute atomic E-state index is 2.49. The standard InChI is InChI=1S/C11H27N3/c1-6-13(7-2)11-14(8-3)10-9-12(4)5/h6-11H2,1-5H3. The van der Waals surface area contributed by atoms with Crippen LogP contribution < -0.4 is 0 Å². The number of nitrogens with zero attached hydrogens (tertiary/aromatic N) is 3. The summed E-state index contributed by atoms with van der Waals surface area (Å²) >= 11 is 0. The van der Waals surface area contributed by atoms with Crippen LogP contribution in [0.15, 0.2) is 0 Å². The van der Waals surface area contributed by atoms with Gasteiger partial charge in [-0.2, -0.15) is 0 Å². The van der Waals surface area contributed by atoms with Crippen LogP contribution in [-0.4, -0.2) is 68.2 Å². The molecular weight excluding hydrogens is 174 g/mol. The normalized spacial score (nSPS) is 12.0. The quantitative estimate of drug-likeness (QED) is 0.546. The summed E-state index contributed by atoms with van der Waals surface area (Å²) in [5.41, 5.74) is 0. The summed E-state index contributed by atoms with van der Waals surface area (Å²) in [5.74, 6) is 0. The van der Waals surface area contributed by atoms with Gasteiger partial charge in [-0.25, -0.2) is 0 Å². The van der Waals surface area contributed by atoms with Crippen molar-refractivity contribution < 1.29 is 0 Å². The molecule has 0 atom stereocenters. The Balaban J connectivity index is 3.76. The SMILES string of the molecule is CCN(CC)CN(CC)CCN(C)C. The van der Waals surface area contributed by atoms with Crippen molar-refractivity contribution in [3.05, 3.63) is 0 Å². The molecule has 3 heteroatoms. The minimum Gasteiger partial charge on any atom is -0.308 e. The average molecular weight is 201 g/mol. The Bertz CT molecular complexity index is 122. The molecule has 86 valence electrons. The van der Waals surface area contributed by atoms with E-state index in [0.717, 1.165) is 32.8 Å². The third-order valence-electron chi connectivity index (χ3n) is 2.61. The molecule has 3 nitrogen and oxygen atoms in total. The Kier molecular flexibility index (Phi) is 8.14. The predicted octanol–water partition coefficient (Wildman–Crippen LogP) is 1.17. The summed E-state index contributed by atoms with van der Waals surface area (Å²) in [6.07, 6.45) is 0. The zero-order valence-corrected chi connectivity index (χ0v) is 10.6. The first-order valence-electron chi connectivity index (χ1n) is 5.73. The van der Waals surface area contributed by atoms with E-state index in [1.54, 1.807) is 0 Å². The molecule has 0 saturated carbocycles. The van der Waals surface area contributed by atoms with E-state index in [2.05, 4.69) is 49.6 Å². The Hall–Kier alpha value is -0.120. The fraction of sp³-hybridized carbons (Fsp3) is 1.00. The van der Waals surface area contributed by atoms with Gasteiger partial charge >= 0.3 is 0 Å². The minimum atomic E-state index is 1.11. The fourth-order valence-electron chi connectivity index (χ4n) is 1.38. The number of likely N-dealkylation sites (N-methyl/N-ethyl adjacent to an activating group) is 2. The topological polar surface area (TPSA) is 9.72 Å². The van der Waals surface area contributed by atoms with Crippen LogP contribution >= 0.6 is 0 Å². The van der Waals surface area contributed by atoms with Crippen molar-refractivity contribution in [2.75, 3.05) is 53.5 Å². The summed E-state index contributed by atoms with van der Waals surface area (Å²) in [4.78, 5) is 7.19. The van der Waals surface area contributed by atoms with Gasteiger partial charge in [-0.05, 0) is 33.7 Å². The number of rotatable bonds is 8. The van der Waals surface area contributed by atoms with Gasteiger partial charge in [0.1, 0.15) is 0 Å². The molecule has 0 aliphatic rings. The van der Waals surface area contributed by atoms with E-state index >= 15 is 0 Å². The lowest BCUT2D eigenvalue weighted by Crippen LogP contribution is -2.40. The third-order valence-corrected chi connectivity index (χ3v) is 2.61. The van der Waals surface area contributed by atoms with E-state index in [1.165, 1.54) is 6.54 Å².